The van der Waals surface area contributed by atoms with E-state index >= 15 is 0 Å². The molecular formula is C18H38N2. The number of unbranched alkanes of at least 4 members (excludes halogenated alkanes) is 9. The largest absolute Gasteiger partial charge is 0.314 e. The molecule has 0 amide bonds. The summed E-state index contributed by atoms with van der Waals surface area (Å²) in [6.45, 7) is 9.57. The molecule has 0 aromatic carbocycles. The van der Waals surface area contributed by atoms with Gasteiger partial charge in [-0.1, -0.05) is 71.1 Å². The minimum absolute atomic E-state index is 0.797. The van der Waals surface area contributed by atoms with Crippen molar-refractivity contribution in [2.75, 3.05) is 26.2 Å². The first-order valence-electron chi connectivity index (χ1n) is 9.29. The van der Waals surface area contributed by atoms with Crippen molar-refractivity contribution in [1.82, 2.24) is 10.2 Å². The van der Waals surface area contributed by atoms with Gasteiger partial charge in [-0.05, 0) is 13.3 Å². The molecule has 0 saturated carbocycles. The molecule has 20 heavy (non-hydrogen) atoms. The molecule has 1 rings (SSSR count). The average molecular weight is 283 g/mol. The van der Waals surface area contributed by atoms with Gasteiger partial charge in [0.05, 0.1) is 0 Å². The van der Waals surface area contributed by atoms with Gasteiger partial charge in [-0.2, -0.15) is 0 Å². The van der Waals surface area contributed by atoms with Crippen LogP contribution in [0.4, 0.5) is 0 Å². The van der Waals surface area contributed by atoms with Crippen LogP contribution in [0.25, 0.3) is 0 Å². The summed E-state index contributed by atoms with van der Waals surface area (Å²) in [7, 11) is 0. The quantitative estimate of drug-likeness (QED) is 0.527. The third-order valence-electron chi connectivity index (χ3n) is 4.75. The Bertz CT molecular complexity index is 200. The first-order valence-corrected chi connectivity index (χ1v) is 9.29. The fourth-order valence-electron chi connectivity index (χ4n) is 3.23. The van der Waals surface area contributed by atoms with Crippen molar-refractivity contribution in [2.24, 2.45) is 0 Å². The Morgan fingerprint density at radius 3 is 1.85 bits per heavy atom. The van der Waals surface area contributed by atoms with E-state index in [4.69, 9.17) is 0 Å². The topological polar surface area (TPSA) is 15.3 Å². The standard InChI is InChI=1S/C18H38N2/c1-3-4-5-6-7-8-9-10-11-12-13-18(2)20-16-14-19-15-17-20/h18-19H,3-17H2,1-2H3. The van der Waals surface area contributed by atoms with Crippen LogP contribution in [0.2, 0.25) is 0 Å². The molecule has 0 radical (unpaired) electrons. The lowest BCUT2D eigenvalue weighted by atomic mass is 10.0. The van der Waals surface area contributed by atoms with Crippen molar-refractivity contribution < 1.29 is 0 Å². The lowest BCUT2D eigenvalue weighted by Gasteiger charge is -2.32. The van der Waals surface area contributed by atoms with Crippen LogP contribution >= 0.6 is 0 Å². The summed E-state index contributed by atoms with van der Waals surface area (Å²) in [4.78, 5) is 2.66. The molecule has 1 heterocycles. The predicted octanol–water partition coefficient (Wildman–Crippen LogP) is 4.59. The van der Waals surface area contributed by atoms with Crippen LogP contribution in [0.5, 0.6) is 0 Å². The Balaban J connectivity index is 1.82. The predicted molar refractivity (Wildman–Crippen MR) is 90.4 cm³/mol. The number of hydrogen-bond acceptors (Lipinski definition) is 2. The van der Waals surface area contributed by atoms with Crippen LogP contribution in [0.15, 0.2) is 0 Å². The fraction of sp³-hybridized carbons (Fsp3) is 1.00. The molecule has 120 valence electrons. The van der Waals surface area contributed by atoms with Crippen LogP contribution < -0.4 is 5.32 Å². The SMILES string of the molecule is CCCCCCCCCCCCC(C)N1CCNCC1. The van der Waals surface area contributed by atoms with Gasteiger partial charge in [0, 0.05) is 32.2 Å². The summed E-state index contributed by atoms with van der Waals surface area (Å²) in [5, 5.41) is 3.44. The first-order chi connectivity index (χ1) is 9.84. The molecule has 0 spiro atoms. The van der Waals surface area contributed by atoms with E-state index in [-0.39, 0.29) is 0 Å². The molecule has 0 bridgehead atoms. The molecule has 0 aromatic heterocycles. The smallest absolute Gasteiger partial charge is 0.0110 e. The van der Waals surface area contributed by atoms with Crippen molar-refractivity contribution in [3.05, 3.63) is 0 Å². The summed E-state index contributed by atoms with van der Waals surface area (Å²) < 4.78 is 0. The highest BCUT2D eigenvalue weighted by atomic mass is 15.2. The lowest BCUT2D eigenvalue weighted by Crippen LogP contribution is -2.47. The van der Waals surface area contributed by atoms with E-state index in [0.717, 1.165) is 6.04 Å². The summed E-state index contributed by atoms with van der Waals surface area (Å²) in [5.41, 5.74) is 0. The number of rotatable bonds is 12. The van der Waals surface area contributed by atoms with Crippen molar-refractivity contribution in [3.63, 3.8) is 0 Å². The molecule has 1 N–H and O–H groups in total. The van der Waals surface area contributed by atoms with Crippen LogP contribution in [0.1, 0.15) is 84.5 Å². The van der Waals surface area contributed by atoms with E-state index in [0.29, 0.717) is 0 Å². The van der Waals surface area contributed by atoms with Gasteiger partial charge in [-0.15, -0.1) is 0 Å². The van der Waals surface area contributed by atoms with Crippen molar-refractivity contribution in [3.8, 4) is 0 Å². The molecule has 1 unspecified atom stereocenters. The molecule has 1 saturated heterocycles. The Kier molecular flexibility index (Phi) is 11.4. The highest BCUT2D eigenvalue weighted by Gasteiger charge is 2.15. The molecule has 1 fully saturated rings. The van der Waals surface area contributed by atoms with E-state index in [1.54, 1.807) is 0 Å². The maximum absolute atomic E-state index is 3.44. The summed E-state index contributed by atoms with van der Waals surface area (Å²) in [5.74, 6) is 0. The average Bonchev–Trinajstić information content (AvgIpc) is 2.50. The van der Waals surface area contributed by atoms with Gasteiger partial charge in [0.25, 0.3) is 0 Å². The van der Waals surface area contributed by atoms with Crippen LogP contribution in [-0.2, 0) is 0 Å². The normalized spacial score (nSPS) is 18.3. The zero-order valence-electron chi connectivity index (χ0n) is 14.1. The third-order valence-corrected chi connectivity index (χ3v) is 4.75. The molecule has 1 aliphatic heterocycles. The Hall–Kier alpha value is -0.0800. The summed E-state index contributed by atoms with van der Waals surface area (Å²) in [6, 6.07) is 0.797. The second-order valence-electron chi connectivity index (χ2n) is 6.61. The molecule has 2 heteroatoms. The monoisotopic (exact) mass is 282 g/mol. The van der Waals surface area contributed by atoms with Gasteiger partial charge in [0.1, 0.15) is 0 Å². The minimum atomic E-state index is 0.797. The highest BCUT2D eigenvalue weighted by molar-refractivity contribution is 4.73. The number of hydrogen-bond donors (Lipinski definition) is 1. The van der Waals surface area contributed by atoms with E-state index in [2.05, 4.69) is 24.1 Å². The van der Waals surface area contributed by atoms with E-state index < -0.39 is 0 Å². The zero-order chi connectivity index (χ0) is 14.5. The molecule has 1 atom stereocenters. The maximum Gasteiger partial charge on any atom is 0.0110 e. The molecule has 2 nitrogen and oxygen atoms in total. The zero-order valence-corrected chi connectivity index (χ0v) is 14.1. The van der Waals surface area contributed by atoms with Gasteiger partial charge < -0.3 is 5.32 Å². The fourth-order valence-corrected chi connectivity index (χ4v) is 3.23. The van der Waals surface area contributed by atoms with Gasteiger partial charge in [0.2, 0.25) is 0 Å². The van der Waals surface area contributed by atoms with Crippen LogP contribution in [0.3, 0.4) is 0 Å². The van der Waals surface area contributed by atoms with Crippen molar-refractivity contribution in [1.29, 1.82) is 0 Å². The van der Waals surface area contributed by atoms with Crippen LogP contribution in [-0.4, -0.2) is 37.1 Å². The Morgan fingerprint density at radius 2 is 1.30 bits per heavy atom. The van der Waals surface area contributed by atoms with E-state index in [1.165, 1.54) is 96.8 Å². The van der Waals surface area contributed by atoms with E-state index in [1.807, 2.05) is 0 Å². The van der Waals surface area contributed by atoms with Crippen molar-refractivity contribution >= 4 is 0 Å². The molecule has 0 aromatic rings. The Morgan fingerprint density at radius 1 is 0.800 bits per heavy atom. The van der Waals surface area contributed by atoms with Gasteiger partial charge in [-0.3, -0.25) is 4.90 Å². The summed E-state index contributed by atoms with van der Waals surface area (Å²) in [6.07, 6.45) is 15.9. The van der Waals surface area contributed by atoms with Crippen LogP contribution in [0, 0.1) is 0 Å². The number of nitrogens with one attached hydrogen (secondary N) is 1. The van der Waals surface area contributed by atoms with Crippen molar-refractivity contribution in [2.45, 2.75) is 90.5 Å². The second-order valence-corrected chi connectivity index (χ2v) is 6.61. The van der Waals surface area contributed by atoms with Gasteiger partial charge >= 0.3 is 0 Å². The third kappa shape index (κ3) is 8.97. The van der Waals surface area contributed by atoms with E-state index in [9.17, 15) is 0 Å². The van der Waals surface area contributed by atoms with Gasteiger partial charge in [-0.25, -0.2) is 0 Å². The maximum atomic E-state index is 3.44. The minimum Gasteiger partial charge on any atom is -0.314 e. The molecule has 1 aliphatic rings. The molecule has 0 aliphatic carbocycles. The number of piperazine rings is 1. The Labute approximate surface area is 127 Å². The number of nitrogens with zero attached hydrogens (tertiary/aromatic N) is 1. The van der Waals surface area contributed by atoms with Gasteiger partial charge in [0.15, 0.2) is 0 Å². The lowest BCUT2D eigenvalue weighted by molar-refractivity contribution is 0.174. The second kappa shape index (κ2) is 12.6. The highest BCUT2D eigenvalue weighted by Crippen LogP contribution is 2.14. The first kappa shape index (κ1) is 18.0. The summed E-state index contributed by atoms with van der Waals surface area (Å²) >= 11 is 0. The molecular weight excluding hydrogens is 244 g/mol.